The van der Waals surface area contributed by atoms with Crippen molar-refractivity contribution in [2.45, 2.75) is 38.4 Å². The lowest BCUT2D eigenvalue weighted by Gasteiger charge is -2.28. The number of aromatic nitrogens is 1. The van der Waals surface area contributed by atoms with E-state index >= 15 is 0 Å². The highest BCUT2D eigenvalue weighted by molar-refractivity contribution is 5.93. The number of rotatable bonds is 6. The van der Waals surface area contributed by atoms with Crippen molar-refractivity contribution in [3.05, 3.63) is 71.9 Å². The van der Waals surface area contributed by atoms with E-state index in [9.17, 15) is 14.4 Å². The second-order valence-electron chi connectivity index (χ2n) is 8.20. The molecule has 8 nitrogen and oxygen atoms in total. The predicted molar refractivity (Wildman–Crippen MR) is 126 cm³/mol. The van der Waals surface area contributed by atoms with Crippen molar-refractivity contribution in [1.82, 2.24) is 20.5 Å². The minimum Gasteiger partial charge on any atom is -0.383 e. The van der Waals surface area contributed by atoms with Gasteiger partial charge in [-0.05, 0) is 41.5 Å². The molecule has 3 amide bonds. The molecule has 0 aliphatic carbocycles. The number of nitrogens with two attached hydrogens (primary N) is 1. The van der Waals surface area contributed by atoms with Crippen LogP contribution in [-0.2, 0) is 20.9 Å². The summed E-state index contributed by atoms with van der Waals surface area (Å²) in [4.78, 5) is 43.8. The lowest BCUT2D eigenvalue weighted by Crippen LogP contribution is -2.49. The molecule has 1 aromatic heterocycles. The van der Waals surface area contributed by atoms with Gasteiger partial charge in [-0.2, -0.15) is 0 Å². The first-order chi connectivity index (χ1) is 15.9. The number of anilines is 1. The number of nitrogens with one attached hydrogen (secondary N) is 2. The third kappa shape index (κ3) is 4.95. The van der Waals surface area contributed by atoms with Crippen LogP contribution >= 0.6 is 0 Å². The molecule has 0 spiro atoms. The summed E-state index contributed by atoms with van der Waals surface area (Å²) < 4.78 is 0. The van der Waals surface area contributed by atoms with Crippen LogP contribution in [-0.4, -0.2) is 40.2 Å². The molecule has 4 N–H and O–H groups in total. The zero-order valence-corrected chi connectivity index (χ0v) is 18.5. The molecule has 2 heterocycles. The van der Waals surface area contributed by atoms with Crippen LogP contribution < -0.4 is 16.4 Å². The Morgan fingerprint density at radius 2 is 1.94 bits per heavy atom. The fourth-order valence-corrected chi connectivity index (χ4v) is 4.26. The molecule has 1 aliphatic rings. The Morgan fingerprint density at radius 1 is 1.15 bits per heavy atom. The van der Waals surface area contributed by atoms with Crippen molar-refractivity contribution in [2.24, 2.45) is 0 Å². The Hall–Kier alpha value is -3.94. The number of pyridine rings is 1. The molecule has 2 aromatic carbocycles. The van der Waals surface area contributed by atoms with E-state index in [2.05, 4.69) is 15.6 Å². The fourth-order valence-electron chi connectivity index (χ4n) is 4.26. The SMILES string of the molecule is CC(=O)N[C@@H](C(=O)N1CCC[C@H]1C(=O)NCc1ccc2ccnc(N)c2c1)c1ccccc1. The maximum Gasteiger partial charge on any atom is 0.250 e. The Kier molecular flexibility index (Phi) is 6.53. The van der Waals surface area contributed by atoms with Gasteiger partial charge in [0.15, 0.2) is 0 Å². The largest absolute Gasteiger partial charge is 0.383 e. The van der Waals surface area contributed by atoms with E-state index in [1.54, 1.807) is 23.2 Å². The molecule has 0 saturated carbocycles. The van der Waals surface area contributed by atoms with Gasteiger partial charge in [-0.25, -0.2) is 4.98 Å². The molecule has 33 heavy (non-hydrogen) atoms. The first-order valence-corrected chi connectivity index (χ1v) is 11.0. The van der Waals surface area contributed by atoms with Crippen molar-refractivity contribution in [1.29, 1.82) is 0 Å². The summed E-state index contributed by atoms with van der Waals surface area (Å²) in [6, 6.07) is 15.3. The van der Waals surface area contributed by atoms with E-state index in [4.69, 9.17) is 5.73 Å². The molecule has 4 rings (SSSR count). The highest BCUT2D eigenvalue weighted by Gasteiger charge is 2.37. The van der Waals surface area contributed by atoms with Crippen LogP contribution in [0.15, 0.2) is 60.8 Å². The average Bonchev–Trinajstić information content (AvgIpc) is 3.31. The Bertz CT molecular complexity index is 1180. The molecule has 2 atom stereocenters. The Balaban J connectivity index is 1.47. The van der Waals surface area contributed by atoms with Crippen molar-refractivity contribution in [2.75, 3.05) is 12.3 Å². The van der Waals surface area contributed by atoms with Gasteiger partial charge >= 0.3 is 0 Å². The zero-order valence-electron chi connectivity index (χ0n) is 18.5. The molecular formula is C25H27N5O3. The normalized spacial score (nSPS) is 16.4. The fraction of sp³-hybridized carbons (Fsp3) is 0.280. The number of benzene rings is 2. The van der Waals surface area contributed by atoms with Crippen molar-refractivity contribution < 1.29 is 14.4 Å². The molecule has 0 bridgehead atoms. The smallest absolute Gasteiger partial charge is 0.250 e. The first-order valence-electron chi connectivity index (χ1n) is 11.0. The van der Waals surface area contributed by atoms with Gasteiger partial charge in [-0.3, -0.25) is 14.4 Å². The highest BCUT2D eigenvalue weighted by atomic mass is 16.2. The van der Waals surface area contributed by atoms with Gasteiger partial charge < -0.3 is 21.3 Å². The molecule has 1 saturated heterocycles. The summed E-state index contributed by atoms with van der Waals surface area (Å²) >= 11 is 0. The summed E-state index contributed by atoms with van der Waals surface area (Å²) in [6.45, 7) is 2.16. The lowest BCUT2D eigenvalue weighted by atomic mass is 10.0. The number of carbonyl (C=O) groups is 3. The first kappa shape index (κ1) is 22.3. The summed E-state index contributed by atoms with van der Waals surface area (Å²) in [5.41, 5.74) is 7.55. The van der Waals surface area contributed by atoms with E-state index in [0.717, 1.165) is 22.8 Å². The van der Waals surface area contributed by atoms with Crippen LogP contribution in [0.25, 0.3) is 10.8 Å². The van der Waals surface area contributed by atoms with Gasteiger partial charge in [0.25, 0.3) is 0 Å². The zero-order chi connectivity index (χ0) is 23.4. The van der Waals surface area contributed by atoms with E-state index in [-0.39, 0.29) is 17.7 Å². The molecule has 1 fully saturated rings. The number of hydrogen-bond donors (Lipinski definition) is 3. The quantitative estimate of drug-likeness (QED) is 0.538. The van der Waals surface area contributed by atoms with Crippen molar-refractivity contribution in [3.8, 4) is 0 Å². The summed E-state index contributed by atoms with van der Waals surface area (Å²) in [5.74, 6) is -0.353. The Morgan fingerprint density at radius 3 is 2.70 bits per heavy atom. The highest BCUT2D eigenvalue weighted by Crippen LogP contribution is 2.24. The van der Waals surface area contributed by atoms with Gasteiger partial charge in [-0.15, -0.1) is 0 Å². The number of likely N-dealkylation sites (tertiary alicyclic amines) is 1. The molecule has 1 aliphatic heterocycles. The van der Waals surface area contributed by atoms with E-state index in [0.29, 0.717) is 30.9 Å². The molecule has 3 aromatic rings. The Labute approximate surface area is 192 Å². The number of carbonyl (C=O) groups excluding carboxylic acids is 3. The van der Waals surface area contributed by atoms with Gasteiger partial charge in [0.1, 0.15) is 17.9 Å². The summed E-state index contributed by atoms with van der Waals surface area (Å²) in [6.07, 6.45) is 2.96. The van der Waals surface area contributed by atoms with Gasteiger partial charge in [0.2, 0.25) is 17.7 Å². The lowest BCUT2D eigenvalue weighted by molar-refractivity contribution is -0.141. The predicted octanol–water partition coefficient (Wildman–Crippen LogP) is 2.30. The van der Waals surface area contributed by atoms with Crippen LogP contribution in [0, 0.1) is 0 Å². The van der Waals surface area contributed by atoms with Crippen LogP contribution in [0.2, 0.25) is 0 Å². The third-order valence-electron chi connectivity index (χ3n) is 5.89. The van der Waals surface area contributed by atoms with Crippen LogP contribution in [0.4, 0.5) is 5.82 Å². The van der Waals surface area contributed by atoms with Gasteiger partial charge in [-0.1, -0.05) is 42.5 Å². The number of amides is 3. The monoisotopic (exact) mass is 445 g/mol. The number of hydrogen-bond acceptors (Lipinski definition) is 5. The van der Waals surface area contributed by atoms with Crippen molar-refractivity contribution >= 4 is 34.3 Å². The van der Waals surface area contributed by atoms with Gasteiger partial charge in [0.05, 0.1) is 0 Å². The van der Waals surface area contributed by atoms with Crippen LogP contribution in [0.3, 0.4) is 0 Å². The molecular weight excluding hydrogens is 418 g/mol. The van der Waals surface area contributed by atoms with Crippen molar-refractivity contribution in [3.63, 3.8) is 0 Å². The number of nitrogens with zero attached hydrogens (tertiary/aromatic N) is 2. The minimum absolute atomic E-state index is 0.213. The molecule has 0 unspecified atom stereocenters. The second-order valence-corrected chi connectivity index (χ2v) is 8.20. The molecule has 170 valence electrons. The average molecular weight is 446 g/mol. The maximum atomic E-state index is 13.4. The summed E-state index contributed by atoms with van der Waals surface area (Å²) in [7, 11) is 0. The number of nitrogen functional groups attached to an aromatic ring is 1. The van der Waals surface area contributed by atoms with Crippen LogP contribution in [0.5, 0.6) is 0 Å². The number of fused-ring (bicyclic) bond motifs is 1. The van der Waals surface area contributed by atoms with Gasteiger partial charge in [0, 0.05) is 31.6 Å². The maximum absolute atomic E-state index is 13.4. The second kappa shape index (κ2) is 9.68. The molecule has 0 radical (unpaired) electrons. The topological polar surface area (TPSA) is 117 Å². The molecule has 8 heteroatoms. The van der Waals surface area contributed by atoms with Crippen LogP contribution in [0.1, 0.15) is 36.9 Å². The van der Waals surface area contributed by atoms with E-state index < -0.39 is 12.1 Å². The standard InChI is InChI=1S/C25H27N5O3/c1-16(31)29-22(19-6-3-2-4-7-19)25(33)30-13-5-8-21(30)24(32)28-15-17-9-10-18-11-12-27-23(26)20(18)14-17/h2-4,6-7,9-12,14,21-22H,5,8,13,15H2,1H3,(H2,26,27)(H,28,32)(H,29,31)/t21-,22+/m0/s1. The third-order valence-corrected chi connectivity index (χ3v) is 5.89. The summed E-state index contributed by atoms with van der Waals surface area (Å²) in [5, 5.41) is 7.50. The van der Waals surface area contributed by atoms with E-state index in [1.165, 1.54) is 6.92 Å². The van der Waals surface area contributed by atoms with E-state index in [1.807, 2.05) is 42.5 Å². The minimum atomic E-state index is -0.826.